The Morgan fingerprint density at radius 3 is 2.46 bits per heavy atom. The molecule has 1 aromatic carbocycles. The lowest BCUT2D eigenvalue weighted by atomic mass is 10.0. The fraction of sp³-hybridized carbons (Fsp3) is 0.381. The molecule has 1 aliphatic carbocycles. The van der Waals surface area contributed by atoms with Gasteiger partial charge in [0.15, 0.2) is 0 Å². The van der Waals surface area contributed by atoms with E-state index in [1.165, 1.54) is 17.7 Å². The van der Waals surface area contributed by atoms with E-state index in [-0.39, 0.29) is 0 Å². The summed E-state index contributed by atoms with van der Waals surface area (Å²) >= 11 is 0. The van der Waals surface area contributed by atoms with Gasteiger partial charge in [-0.1, -0.05) is 30.3 Å². The van der Waals surface area contributed by atoms with Crippen molar-refractivity contribution in [2.45, 2.75) is 31.6 Å². The van der Waals surface area contributed by atoms with Crippen molar-refractivity contribution in [1.82, 2.24) is 10.2 Å². The van der Waals surface area contributed by atoms with E-state index >= 15 is 0 Å². The number of alkyl halides is 3. The molecule has 0 saturated carbocycles. The fourth-order valence-corrected chi connectivity index (χ4v) is 3.16. The number of likely N-dealkylation sites (tertiary alicyclic amines) is 1. The van der Waals surface area contributed by atoms with Gasteiger partial charge in [-0.15, -0.1) is 5.73 Å². The molecule has 0 unspecified atom stereocenters. The molecular weight excluding hydrogens is 337 g/mol. The average molecular weight is 360 g/mol. The van der Waals surface area contributed by atoms with Crippen LogP contribution in [-0.2, 0) is 6.54 Å². The lowest BCUT2D eigenvalue weighted by Crippen LogP contribution is -2.40. The second-order valence-electron chi connectivity index (χ2n) is 6.83. The number of benzene rings is 1. The summed E-state index contributed by atoms with van der Waals surface area (Å²) in [5.41, 5.74) is 4.33. The minimum Gasteiger partial charge on any atom is -0.310 e. The Labute approximate surface area is 152 Å². The van der Waals surface area contributed by atoms with E-state index in [0.717, 1.165) is 49.7 Å². The zero-order chi connectivity index (χ0) is 18.6. The summed E-state index contributed by atoms with van der Waals surface area (Å²) in [6.07, 6.45) is 3.49. The second kappa shape index (κ2) is 8.09. The molecular formula is C21H23F3N2. The number of hydrogen-bond acceptors (Lipinski definition) is 2. The van der Waals surface area contributed by atoms with E-state index in [2.05, 4.69) is 23.0 Å². The average Bonchev–Trinajstić information content (AvgIpc) is 2.88. The highest BCUT2D eigenvalue weighted by atomic mass is 19.4. The molecule has 3 rings (SSSR count). The van der Waals surface area contributed by atoms with Crippen LogP contribution in [0.5, 0.6) is 0 Å². The topological polar surface area (TPSA) is 15.3 Å². The van der Waals surface area contributed by atoms with Crippen molar-refractivity contribution in [3.63, 3.8) is 0 Å². The van der Waals surface area contributed by atoms with Gasteiger partial charge in [0.2, 0.25) is 0 Å². The van der Waals surface area contributed by atoms with E-state index in [1.54, 1.807) is 6.08 Å². The van der Waals surface area contributed by atoms with Crippen molar-refractivity contribution < 1.29 is 13.2 Å². The highest BCUT2D eigenvalue weighted by Crippen LogP contribution is 2.28. The molecule has 26 heavy (non-hydrogen) atoms. The Bertz CT molecular complexity index is 742. The highest BCUT2D eigenvalue weighted by molar-refractivity contribution is 5.76. The lowest BCUT2D eigenvalue weighted by molar-refractivity contribution is -0.0879. The standard InChI is InChI=1S/C21H23F3N2/c1-26-13-11-20(12-14-26)25-15-16-5-7-18(8-6-16)17-3-2-4-19(10-9-17)21(22,23)24/h2-3,5-10,20,25H,11-15H2,1H3. The smallest absolute Gasteiger partial charge is 0.310 e. The zero-order valence-electron chi connectivity index (χ0n) is 14.8. The van der Waals surface area contributed by atoms with Crippen LogP contribution in [0.2, 0.25) is 0 Å². The first-order valence-electron chi connectivity index (χ1n) is 8.85. The molecule has 0 amide bonds. The van der Waals surface area contributed by atoms with Gasteiger partial charge in [-0.25, -0.2) is 0 Å². The molecule has 1 aromatic rings. The monoisotopic (exact) mass is 360 g/mol. The van der Waals surface area contributed by atoms with Gasteiger partial charge >= 0.3 is 6.18 Å². The maximum absolute atomic E-state index is 12.8. The van der Waals surface area contributed by atoms with Crippen LogP contribution < -0.4 is 5.32 Å². The van der Waals surface area contributed by atoms with Gasteiger partial charge in [0.1, 0.15) is 0 Å². The molecule has 0 spiro atoms. The Kier molecular flexibility index (Phi) is 5.82. The van der Waals surface area contributed by atoms with Gasteiger partial charge in [-0.3, -0.25) is 0 Å². The van der Waals surface area contributed by atoms with Crippen molar-refractivity contribution in [3.8, 4) is 0 Å². The summed E-state index contributed by atoms with van der Waals surface area (Å²) < 4.78 is 38.3. The van der Waals surface area contributed by atoms with Crippen LogP contribution >= 0.6 is 0 Å². The third kappa shape index (κ3) is 4.98. The largest absolute Gasteiger partial charge is 0.423 e. The minimum atomic E-state index is -4.38. The van der Waals surface area contributed by atoms with Crippen LogP contribution in [-0.4, -0.2) is 37.3 Å². The van der Waals surface area contributed by atoms with Gasteiger partial charge in [-0.2, -0.15) is 13.2 Å². The van der Waals surface area contributed by atoms with Crippen molar-refractivity contribution in [3.05, 3.63) is 71.0 Å². The van der Waals surface area contributed by atoms with Crippen molar-refractivity contribution in [1.29, 1.82) is 0 Å². The lowest BCUT2D eigenvalue weighted by Gasteiger charge is -2.29. The molecule has 2 nitrogen and oxygen atoms in total. The van der Waals surface area contributed by atoms with Gasteiger partial charge < -0.3 is 10.2 Å². The Morgan fingerprint density at radius 2 is 1.81 bits per heavy atom. The third-order valence-electron chi connectivity index (χ3n) is 4.84. The van der Waals surface area contributed by atoms with Crippen LogP contribution in [0.1, 0.15) is 24.0 Å². The molecule has 1 saturated heterocycles. The maximum atomic E-state index is 12.8. The molecule has 2 aliphatic rings. The first kappa shape index (κ1) is 18.7. The van der Waals surface area contributed by atoms with Gasteiger partial charge in [0, 0.05) is 12.6 Å². The quantitative estimate of drug-likeness (QED) is 0.797. The molecule has 5 heteroatoms. The predicted octanol–water partition coefficient (Wildman–Crippen LogP) is 4.47. The number of nitrogens with one attached hydrogen (secondary N) is 1. The summed E-state index contributed by atoms with van der Waals surface area (Å²) in [6, 6.07) is 8.51. The van der Waals surface area contributed by atoms with E-state index < -0.39 is 11.7 Å². The maximum Gasteiger partial charge on any atom is 0.423 e. The van der Waals surface area contributed by atoms with Crippen molar-refractivity contribution in [2.75, 3.05) is 20.1 Å². The normalized spacial score (nSPS) is 19.2. The Balaban J connectivity index is 1.58. The van der Waals surface area contributed by atoms with Crippen LogP contribution in [0, 0.1) is 0 Å². The van der Waals surface area contributed by atoms with E-state index in [1.807, 2.05) is 24.3 Å². The summed E-state index contributed by atoms with van der Waals surface area (Å²) in [6.45, 7) is 3.06. The van der Waals surface area contributed by atoms with Crippen LogP contribution in [0.3, 0.4) is 0 Å². The molecule has 1 N–H and O–H groups in total. The number of nitrogens with zero attached hydrogens (tertiary/aromatic N) is 1. The molecule has 0 aromatic heterocycles. The minimum absolute atomic E-state index is 0.551. The summed E-state index contributed by atoms with van der Waals surface area (Å²) in [4.78, 5) is 2.34. The summed E-state index contributed by atoms with van der Waals surface area (Å²) in [5.74, 6) is 0. The first-order valence-corrected chi connectivity index (χ1v) is 8.85. The van der Waals surface area contributed by atoms with Crippen molar-refractivity contribution in [2.24, 2.45) is 0 Å². The number of hydrogen-bond donors (Lipinski definition) is 1. The Morgan fingerprint density at radius 1 is 1.12 bits per heavy atom. The molecule has 0 atom stereocenters. The van der Waals surface area contributed by atoms with E-state index in [9.17, 15) is 13.2 Å². The molecule has 1 heterocycles. The SMILES string of the molecule is CN1CCC(NCc2ccc(C3=CC=C=C(C(F)(F)F)C=C3)cc2)CC1. The number of halogens is 3. The third-order valence-corrected chi connectivity index (χ3v) is 4.84. The van der Waals surface area contributed by atoms with E-state index in [4.69, 9.17) is 0 Å². The Hall–Kier alpha value is -2.07. The molecule has 0 bridgehead atoms. The number of allylic oxidation sites excluding steroid dienone is 5. The number of piperidine rings is 1. The van der Waals surface area contributed by atoms with Gasteiger partial charge in [0.25, 0.3) is 0 Å². The fourth-order valence-electron chi connectivity index (χ4n) is 3.16. The van der Waals surface area contributed by atoms with Gasteiger partial charge in [0.05, 0.1) is 5.57 Å². The summed E-state index contributed by atoms with van der Waals surface area (Å²) in [7, 11) is 2.15. The van der Waals surface area contributed by atoms with Crippen LogP contribution in [0.25, 0.3) is 5.57 Å². The first-order chi connectivity index (χ1) is 12.4. The molecule has 1 fully saturated rings. The highest BCUT2D eigenvalue weighted by Gasteiger charge is 2.32. The van der Waals surface area contributed by atoms with Crippen molar-refractivity contribution >= 4 is 5.57 Å². The van der Waals surface area contributed by atoms with Gasteiger partial charge in [-0.05, 0) is 67.9 Å². The molecule has 0 radical (unpaired) electrons. The van der Waals surface area contributed by atoms with Crippen LogP contribution in [0.15, 0.2) is 59.9 Å². The number of rotatable bonds is 4. The molecule has 138 valence electrons. The summed E-state index contributed by atoms with van der Waals surface area (Å²) in [5, 5.41) is 3.59. The predicted molar refractivity (Wildman–Crippen MR) is 98.6 cm³/mol. The van der Waals surface area contributed by atoms with Crippen LogP contribution in [0.4, 0.5) is 13.2 Å². The zero-order valence-corrected chi connectivity index (χ0v) is 14.8. The van der Waals surface area contributed by atoms with E-state index in [0.29, 0.717) is 6.04 Å². The second-order valence-corrected chi connectivity index (χ2v) is 6.83. The molecule has 1 aliphatic heterocycles.